The zero-order chi connectivity index (χ0) is 19.1. The third kappa shape index (κ3) is 2.69. The number of hydrogen-bond donors (Lipinski definition) is 0. The Hall–Kier alpha value is -3.42. The Morgan fingerprint density at radius 2 is 2.04 bits per heavy atom. The maximum absolute atomic E-state index is 14.0. The number of rotatable bonds is 3. The molecular weight excluding hydrogens is 347 g/mol. The van der Waals surface area contributed by atoms with Gasteiger partial charge >= 0.3 is 0 Å². The maximum atomic E-state index is 14.0. The lowest BCUT2D eigenvalue weighted by Crippen LogP contribution is -2.21. The normalized spacial score (nSPS) is 11.3. The molecule has 7 nitrogen and oxygen atoms in total. The molecule has 27 heavy (non-hydrogen) atoms. The Morgan fingerprint density at radius 1 is 1.22 bits per heavy atom. The zero-order valence-electron chi connectivity index (χ0n) is 15.1. The third-order valence-electron chi connectivity index (χ3n) is 4.62. The highest BCUT2D eigenvalue weighted by atomic mass is 19.1. The van der Waals surface area contributed by atoms with Crippen LogP contribution in [0.2, 0.25) is 0 Å². The molecule has 0 aliphatic rings. The Kier molecular flexibility index (Phi) is 4.02. The minimum atomic E-state index is -0.617. The number of nitrogens with zero attached hydrogens (tertiary/aromatic N) is 6. The Bertz CT molecular complexity index is 1230. The molecule has 1 aromatic carbocycles. The fourth-order valence-corrected chi connectivity index (χ4v) is 3.14. The SMILES string of the molecule is CCc1nc2cc(-c3nnn(-c4cccnc4F)c3C)ccc2c(=O)n1C. The maximum Gasteiger partial charge on any atom is 0.261 e. The standard InChI is InChI=1S/C19H17FN6O/c1-4-16-22-14-10-12(7-8-13(14)19(27)25(16)3)17-11(2)26(24-23-17)15-6-5-9-21-18(15)20/h5-10H,4H2,1-3H3. The van der Waals surface area contributed by atoms with Crippen molar-refractivity contribution in [1.82, 2.24) is 29.5 Å². The molecule has 0 saturated carbocycles. The number of benzene rings is 1. The molecule has 8 heteroatoms. The first-order valence-electron chi connectivity index (χ1n) is 8.54. The number of hydrogen-bond acceptors (Lipinski definition) is 5. The Labute approximate surface area is 154 Å². The number of aryl methyl sites for hydroxylation is 1. The quantitative estimate of drug-likeness (QED) is 0.522. The average molecular weight is 364 g/mol. The molecule has 0 saturated heterocycles. The molecule has 0 atom stereocenters. The van der Waals surface area contributed by atoms with Crippen molar-refractivity contribution in [3.05, 3.63) is 64.3 Å². The first-order chi connectivity index (χ1) is 13.0. The van der Waals surface area contributed by atoms with E-state index in [-0.39, 0.29) is 11.2 Å². The molecule has 0 fully saturated rings. The first-order valence-corrected chi connectivity index (χ1v) is 8.54. The summed E-state index contributed by atoms with van der Waals surface area (Å²) in [7, 11) is 1.72. The number of aromatic nitrogens is 6. The zero-order valence-corrected chi connectivity index (χ0v) is 15.1. The van der Waals surface area contributed by atoms with Gasteiger partial charge in [0, 0.05) is 25.2 Å². The summed E-state index contributed by atoms with van der Waals surface area (Å²) < 4.78 is 17.0. The average Bonchev–Trinajstić information content (AvgIpc) is 3.06. The Balaban J connectivity index is 1.87. The summed E-state index contributed by atoms with van der Waals surface area (Å²) in [5.41, 5.74) is 2.78. The molecule has 0 unspecified atom stereocenters. The molecular formula is C19H17FN6O. The van der Waals surface area contributed by atoms with Gasteiger partial charge < -0.3 is 0 Å². The monoisotopic (exact) mass is 364 g/mol. The predicted molar refractivity (Wildman–Crippen MR) is 99.2 cm³/mol. The van der Waals surface area contributed by atoms with E-state index in [1.54, 1.807) is 42.8 Å². The van der Waals surface area contributed by atoms with E-state index in [0.717, 1.165) is 5.56 Å². The first kappa shape index (κ1) is 17.0. The summed E-state index contributed by atoms with van der Waals surface area (Å²) in [6, 6.07) is 8.59. The minimum absolute atomic E-state index is 0.0822. The lowest BCUT2D eigenvalue weighted by Gasteiger charge is -2.08. The molecule has 0 radical (unpaired) electrons. The fourth-order valence-electron chi connectivity index (χ4n) is 3.14. The fraction of sp³-hybridized carbons (Fsp3) is 0.211. The van der Waals surface area contributed by atoms with Crippen molar-refractivity contribution in [2.45, 2.75) is 20.3 Å². The van der Waals surface area contributed by atoms with E-state index in [9.17, 15) is 9.18 Å². The molecule has 0 aliphatic carbocycles. The summed E-state index contributed by atoms with van der Waals surface area (Å²) in [5.74, 6) is 0.0933. The summed E-state index contributed by atoms with van der Waals surface area (Å²) in [6.45, 7) is 3.76. The van der Waals surface area contributed by atoms with Gasteiger partial charge in [0.2, 0.25) is 5.95 Å². The van der Waals surface area contributed by atoms with Crippen LogP contribution >= 0.6 is 0 Å². The summed E-state index contributed by atoms with van der Waals surface area (Å²) in [4.78, 5) is 20.7. The lowest BCUT2D eigenvalue weighted by molar-refractivity contribution is 0.564. The van der Waals surface area contributed by atoms with Crippen molar-refractivity contribution in [2.75, 3.05) is 0 Å². The van der Waals surface area contributed by atoms with Crippen LogP contribution in [0, 0.1) is 12.9 Å². The Morgan fingerprint density at radius 3 is 2.78 bits per heavy atom. The number of halogens is 1. The van der Waals surface area contributed by atoms with Crippen molar-refractivity contribution in [2.24, 2.45) is 7.05 Å². The summed E-state index contributed by atoms with van der Waals surface area (Å²) in [5, 5.41) is 8.81. The predicted octanol–water partition coefficient (Wildman–Crippen LogP) is 2.59. The van der Waals surface area contributed by atoms with Gasteiger partial charge in [-0.2, -0.15) is 4.39 Å². The minimum Gasteiger partial charge on any atom is -0.299 e. The molecule has 3 aromatic heterocycles. The van der Waals surface area contributed by atoms with Gasteiger partial charge in [-0.25, -0.2) is 14.6 Å². The van der Waals surface area contributed by atoms with Crippen molar-refractivity contribution >= 4 is 10.9 Å². The van der Waals surface area contributed by atoms with Gasteiger partial charge in [-0.15, -0.1) is 5.10 Å². The van der Waals surface area contributed by atoms with Crippen LogP contribution in [0.4, 0.5) is 4.39 Å². The highest BCUT2D eigenvalue weighted by Gasteiger charge is 2.16. The van der Waals surface area contributed by atoms with E-state index < -0.39 is 5.95 Å². The van der Waals surface area contributed by atoms with Crippen molar-refractivity contribution in [3.63, 3.8) is 0 Å². The second kappa shape index (κ2) is 6.39. The summed E-state index contributed by atoms with van der Waals surface area (Å²) >= 11 is 0. The highest BCUT2D eigenvalue weighted by molar-refractivity contribution is 5.83. The second-order valence-electron chi connectivity index (χ2n) is 6.23. The van der Waals surface area contributed by atoms with Crippen LogP contribution in [-0.4, -0.2) is 29.5 Å². The number of pyridine rings is 1. The molecule has 4 aromatic rings. The van der Waals surface area contributed by atoms with E-state index in [1.807, 2.05) is 13.0 Å². The van der Waals surface area contributed by atoms with E-state index in [0.29, 0.717) is 34.5 Å². The van der Waals surface area contributed by atoms with Crippen molar-refractivity contribution < 1.29 is 4.39 Å². The van der Waals surface area contributed by atoms with E-state index in [2.05, 4.69) is 20.3 Å². The van der Waals surface area contributed by atoms with Gasteiger partial charge in [-0.3, -0.25) is 9.36 Å². The third-order valence-corrected chi connectivity index (χ3v) is 4.62. The molecule has 0 amide bonds. The van der Waals surface area contributed by atoms with Gasteiger partial charge in [0.05, 0.1) is 16.6 Å². The smallest absolute Gasteiger partial charge is 0.261 e. The van der Waals surface area contributed by atoms with Crippen LogP contribution in [0.25, 0.3) is 27.8 Å². The highest BCUT2D eigenvalue weighted by Crippen LogP contribution is 2.25. The van der Waals surface area contributed by atoms with Gasteiger partial charge in [-0.05, 0) is 31.2 Å². The molecule has 0 N–H and O–H groups in total. The van der Waals surface area contributed by atoms with Crippen LogP contribution in [0.3, 0.4) is 0 Å². The van der Waals surface area contributed by atoms with Crippen molar-refractivity contribution in [3.8, 4) is 16.9 Å². The van der Waals surface area contributed by atoms with E-state index in [4.69, 9.17) is 0 Å². The van der Waals surface area contributed by atoms with Crippen LogP contribution in [0.5, 0.6) is 0 Å². The summed E-state index contributed by atoms with van der Waals surface area (Å²) in [6.07, 6.45) is 2.04. The molecule has 0 bridgehead atoms. The van der Waals surface area contributed by atoms with Gasteiger partial charge in [0.25, 0.3) is 5.56 Å². The van der Waals surface area contributed by atoms with Crippen LogP contribution in [0.1, 0.15) is 18.4 Å². The van der Waals surface area contributed by atoms with E-state index >= 15 is 0 Å². The van der Waals surface area contributed by atoms with E-state index in [1.165, 1.54) is 10.9 Å². The molecule has 4 rings (SSSR count). The van der Waals surface area contributed by atoms with Crippen LogP contribution in [-0.2, 0) is 13.5 Å². The number of fused-ring (bicyclic) bond motifs is 1. The molecule has 0 aliphatic heterocycles. The molecule has 3 heterocycles. The second-order valence-corrected chi connectivity index (χ2v) is 6.23. The van der Waals surface area contributed by atoms with Gasteiger partial charge in [-0.1, -0.05) is 18.2 Å². The largest absolute Gasteiger partial charge is 0.299 e. The van der Waals surface area contributed by atoms with Gasteiger partial charge in [0.15, 0.2) is 0 Å². The molecule has 136 valence electrons. The van der Waals surface area contributed by atoms with Crippen LogP contribution < -0.4 is 5.56 Å². The van der Waals surface area contributed by atoms with Crippen molar-refractivity contribution in [1.29, 1.82) is 0 Å². The molecule has 0 spiro atoms. The van der Waals surface area contributed by atoms with Crippen LogP contribution in [0.15, 0.2) is 41.3 Å². The van der Waals surface area contributed by atoms with Gasteiger partial charge in [0.1, 0.15) is 17.2 Å². The lowest BCUT2D eigenvalue weighted by atomic mass is 10.1. The topological polar surface area (TPSA) is 78.5 Å².